The van der Waals surface area contributed by atoms with Gasteiger partial charge in [-0.15, -0.1) is 10.2 Å². The van der Waals surface area contributed by atoms with Gasteiger partial charge < -0.3 is 4.57 Å². The Morgan fingerprint density at radius 3 is 2.79 bits per heavy atom. The van der Waals surface area contributed by atoms with Crippen molar-refractivity contribution in [2.24, 2.45) is 7.05 Å². The first-order valence-electron chi connectivity index (χ1n) is 3.94. The molecule has 14 heavy (non-hydrogen) atoms. The van der Waals surface area contributed by atoms with Crippen molar-refractivity contribution in [2.75, 3.05) is 0 Å². The van der Waals surface area contributed by atoms with Crippen molar-refractivity contribution >= 4 is 5.78 Å². The fraction of sp³-hybridized carbons (Fsp3) is 0.125. The minimum atomic E-state index is -0.208. The fourth-order valence-corrected chi connectivity index (χ4v) is 1.04. The standard InChI is InChI=1S/C8H7N5O/c1-13-5-11-12-8(13)7(14)6-2-3-9-10-4-6/h2-5H,1H3. The Kier molecular flexibility index (Phi) is 2.02. The fourth-order valence-electron chi connectivity index (χ4n) is 1.04. The largest absolute Gasteiger partial charge is 0.314 e. The Morgan fingerprint density at radius 1 is 1.36 bits per heavy atom. The van der Waals surface area contributed by atoms with Crippen LogP contribution in [0.25, 0.3) is 0 Å². The Morgan fingerprint density at radius 2 is 2.21 bits per heavy atom. The van der Waals surface area contributed by atoms with Gasteiger partial charge in [0.25, 0.3) is 0 Å². The second kappa shape index (κ2) is 3.33. The van der Waals surface area contributed by atoms with Crippen LogP contribution in [0.5, 0.6) is 0 Å². The molecule has 6 nitrogen and oxygen atoms in total. The van der Waals surface area contributed by atoms with E-state index in [9.17, 15) is 4.79 Å². The average Bonchev–Trinajstić information content (AvgIpc) is 2.65. The van der Waals surface area contributed by atoms with Crippen molar-refractivity contribution in [1.29, 1.82) is 0 Å². The average molecular weight is 189 g/mol. The molecule has 0 saturated carbocycles. The molecule has 2 rings (SSSR count). The lowest BCUT2D eigenvalue weighted by atomic mass is 10.2. The molecule has 2 aromatic heterocycles. The van der Waals surface area contributed by atoms with Gasteiger partial charge in [0.1, 0.15) is 6.33 Å². The Hall–Kier alpha value is -2.11. The van der Waals surface area contributed by atoms with Crippen molar-refractivity contribution in [3.05, 3.63) is 36.2 Å². The van der Waals surface area contributed by atoms with E-state index in [1.54, 1.807) is 17.7 Å². The number of aromatic nitrogens is 5. The second-order valence-electron chi connectivity index (χ2n) is 2.73. The molecule has 0 radical (unpaired) electrons. The summed E-state index contributed by atoms with van der Waals surface area (Å²) in [6, 6.07) is 1.59. The van der Waals surface area contributed by atoms with E-state index in [0.717, 1.165) is 0 Å². The monoisotopic (exact) mass is 189 g/mol. The second-order valence-corrected chi connectivity index (χ2v) is 2.73. The van der Waals surface area contributed by atoms with Gasteiger partial charge in [0.2, 0.25) is 11.6 Å². The van der Waals surface area contributed by atoms with E-state index in [2.05, 4.69) is 20.4 Å². The maximum atomic E-state index is 11.7. The molecule has 70 valence electrons. The summed E-state index contributed by atoms with van der Waals surface area (Å²) in [5.74, 6) is 0.0814. The van der Waals surface area contributed by atoms with Crippen LogP contribution in [0.4, 0.5) is 0 Å². The SMILES string of the molecule is Cn1cnnc1C(=O)c1ccnnc1. The molecule has 0 amide bonds. The van der Waals surface area contributed by atoms with E-state index in [1.807, 2.05) is 0 Å². The Bertz CT molecular complexity index is 450. The van der Waals surface area contributed by atoms with Crippen LogP contribution in [-0.4, -0.2) is 30.7 Å². The zero-order valence-electron chi connectivity index (χ0n) is 7.45. The van der Waals surface area contributed by atoms with Gasteiger partial charge in [-0.25, -0.2) is 0 Å². The summed E-state index contributed by atoms with van der Waals surface area (Å²) in [6.07, 6.45) is 4.34. The number of ketones is 1. The van der Waals surface area contributed by atoms with E-state index in [1.165, 1.54) is 18.7 Å². The van der Waals surface area contributed by atoms with Crippen molar-refractivity contribution in [1.82, 2.24) is 25.0 Å². The Labute approximate surface area is 79.6 Å². The maximum absolute atomic E-state index is 11.7. The molecule has 2 aromatic rings. The first-order valence-corrected chi connectivity index (χ1v) is 3.94. The van der Waals surface area contributed by atoms with Crippen LogP contribution in [-0.2, 0) is 7.05 Å². The minimum absolute atomic E-state index is 0.208. The summed E-state index contributed by atoms with van der Waals surface area (Å²) in [7, 11) is 1.71. The van der Waals surface area contributed by atoms with Gasteiger partial charge in [-0.3, -0.25) is 4.79 Å². The van der Waals surface area contributed by atoms with Gasteiger partial charge >= 0.3 is 0 Å². The van der Waals surface area contributed by atoms with E-state index in [0.29, 0.717) is 5.56 Å². The van der Waals surface area contributed by atoms with E-state index < -0.39 is 0 Å². The third-order valence-electron chi connectivity index (χ3n) is 1.76. The third kappa shape index (κ3) is 1.37. The minimum Gasteiger partial charge on any atom is -0.314 e. The number of carbonyl (C=O) groups excluding carboxylic acids is 1. The first kappa shape index (κ1) is 8.49. The molecule has 0 bridgehead atoms. The molecule has 0 aliphatic rings. The van der Waals surface area contributed by atoms with Gasteiger partial charge in [0.05, 0.1) is 12.4 Å². The summed E-state index contributed by atoms with van der Waals surface area (Å²) >= 11 is 0. The molecule has 0 fully saturated rings. The van der Waals surface area contributed by atoms with E-state index in [-0.39, 0.29) is 11.6 Å². The summed E-state index contributed by atoms with van der Waals surface area (Å²) < 4.78 is 1.56. The van der Waals surface area contributed by atoms with Crippen molar-refractivity contribution in [3.8, 4) is 0 Å². The van der Waals surface area contributed by atoms with Gasteiger partial charge in [0.15, 0.2) is 0 Å². The molecule has 0 aliphatic carbocycles. The molecule has 2 heterocycles. The van der Waals surface area contributed by atoms with Crippen molar-refractivity contribution < 1.29 is 4.79 Å². The lowest BCUT2D eigenvalue weighted by Gasteiger charge is -1.97. The van der Waals surface area contributed by atoms with Crippen LogP contribution in [0.3, 0.4) is 0 Å². The highest BCUT2D eigenvalue weighted by Gasteiger charge is 2.14. The summed E-state index contributed by atoms with van der Waals surface area (Å²) in [4.78, 5) is 11.7. The van der Waals surface area contributed by atoms with Gasteiger partial charge in [-0.1, -0.05) is 0 Å². The Balaban J connectivity index is 2.39. The highest BCUT2D eigenvalue weighted by atomic mass is 16.1. The third-order valence-corrected chi connectivity index (χ3v) is 1.76. The number of hydrogen-bond acceptors (Lipinski definition) is 5. The zero-order chi connectivity index (χ0) is 9.97. The van der Waals surface area contributed by atoms with Gasteiger partial charge in [-0.2, -0.15) is 10.2 Å². The van der Waals surface area contributed by atoms with Crippen LogP contribution < -0.4 is 0 Å². The summed E-state index contributed by atoms with van der Waals surface area (Å²) in [5, 5.41) is 14.5. The quantitative estimate of drug-likeness (QED) is 0.613. The number of nitrogens with zero attached hydrogens (tertiary/aromatic N) is 5. The molecule has 0 N–H and O–H groups in total. The molecule has 0 aliphatic heterocycles. The topological polar surface area (TPSA) is 73.6 Å². The number of rotatable bonds is 2. The molecule has 0 aromatic carbocycles. The van der Waals surface area contributed by atoms with Crippen molar-refractivity contribution in [2.45, 2.75) is 0 Å². The normalized spacial score (nSPS) is 10.1. The maximum Gasteiger partial charge on any atom is 0.232 e. The van der Waals surface area contributed by atoms with Crippen LogP contribution >= 0.6 is 0 Å². The zero-order valence-corrected chi connectivity index (χ0v) is 7.45. The van der Waals surface area contributed by atoms with Crippen LogP contribution in [0, 0.1) is 0 Å². The molecule has 0 atom stereocenters. The van der Waals surface area contributed by atoms with Crippen LogP contribution in [0.2, 0.25) is 0 Å². The number of hydrogen-bond donors (Lipinski definition) is 0. The predicted molar refractivity (Wildman–Crippen MR) is 46.5 cm³/mol. The molecule has 0 spiro atoms. The number of aryl methyl sites for hydroxylation is 1. The molecule has 6 heteroatoms. The van der Waals surface area contributed by atoms with E-state index >= 15 is 0 Å². The number of carbonyl (C=O) groups is 1. The summed E-state index contributed by atoms with van der Waals surface area (Å²) in [6.45, 7) is 0. The molecule has 0 unspecified atom stereocenters. The highest BCUT2D eigenvalue weighted by molar-refractivity contribution is 6.06. The van der Waals surface area contributed by atoms with Crippen molar-refractivity contribution in [3.63, 3.8) is 0 Å². The molecular formula is C8H7N5O. The van der Waals surface area contributed by atoms with Crippen LogP contribution in [0.1, 0.15) is 16.2 Å². The van der Waals surface area contributed by atoms with E-state index in [4.69, 9.17) is 0 Å². The first-order chi connectivity index (χ1) is 6.79. The lowest BCUT2D eigenvalue weighted by molar-refractivity contribution is 0.102. The highest BCUT2D eigenvalue weighted by Crippen LogP contribution is 2.03. The molecular weight excluding hydrogens is 182 g/mol. The van der Waals surface area contributed by atoms with Gasteiger partial charge in [0, 0.05) is 12.6 Å². The van der Waals surface area contributed by atoms with Crippen LogP contribution in [0.15, 0.2) is 24.8 Å². The molecule has 0 saturated heterocycles. The lowest BCUT2D eigenvalue weighted by Crippen LogP contribution is -2.09. The van der Waals surface area contributed by atoms with Gasteiger partial charge in [-0.05, 0) is 6.07 Å². The predicted octanol–water partition coefficient (Wildman–Crippen LogP) is -0.164. The smallest absolute Gasteiger partial charge is 0.232 e. The summed E-state index contributed by atoms with van der Waals surface area (Å²) in [5.41, 5.74) is 0.455.